The maximum absolute atomic E-state index is 10.0. The van der Waals surface area contributed by atoms with E-state index in [9.17, 15) is 10.2 Å². The number of aryl methyl sites for hydroxylation is 1. The fourth-order valence-corrected chi connectivity index (χ4v) is 2.37. The molecule has 0 fully saturated rings. The third kappa shape index (κ3) is 3.60. The molecule has 0 aromatic heterocycles. The van der Waals surface area contributed by atoms with Crippen LogP contribution in [0.25, 0.3) is 0 Å². The monoisotopic (exact) mass is 317 g/mol. The Morgan fingerprint density at radius 3 is 2.41 bits per heavy atom. The van der Waals surface area contributed by atoms with Crippen molar-refractivity contribution in [2.45, 2.75) is 33.1 Å². The Kier molecular flexibility index (Phi) is 4.47. The highest BCUT2D eigenvalue weighted by molar-refractivity contribution is 6.31. The van der Waals surface area contributed by atoms with Crippen LogP contribution in [-0.2, 0) is 5.41 Å². The van der Waals surface area contributed by atoms with Gasteiger partial charge in [-0.15, -0.1) is 0 Å². The molecule has 0 spiro atoms. The molecule has 0 unspecified atom stereocenters. The molecular formula is C18H20ClNO2. The average molecular weight is 318 g/mol. The summed E-state index contributed by atoms with van der Waals surface area (Å²) >= 11 is 6.00. The largest absolute Gasteiger partial charge is 0.507 e. The highest BCUT2D eigenvalue weighted by Gasteiger charge is 2.15. The molecule has 0 aliphatic heterocycles. The van der Waals surface area contributed by atoms with Gasteiger partial charge in [0.15, 0.2) is 0 Å². The molecule has 0 atom stereocenters. The zero-order valence-electron chi connectivity index (χ0n) is 13.2. The maximum Gasteiger partial charge on any atom is 0.141 e. The van der Waals surface area contributed by atoms with Gasteiger partial charge in [-0.1, -0.05) is 38.4 Å². The second-order valence-corrected chi connectivity index (χ2v) is 6.81. The van der Waals surface area contributed by atoms with Crippen molar-refractivity contribution < 1.29 is 10.2 Å². The lowest BCUT2D eigenvalue weighted by Crippen LogP contribution is -2.10. The van der Waals surface area contributed by atoms with E-state index in [4.69, 9.17) is 11.6 Å². The van der Waals surface area contributed by atoms with Crippen LogP contribution in [0, 0.1) is 6.92 Å². The van der Waals surface area contributed by atoms with Crippen molar-refractivity contribution >= 4 is 23.5 Å². The molecule has 0 aliphatic rings. The number of phenols is 2. The van der Waals surface area contributed by atoms with Crippen molar-refractivity contribution in [2.75, 3.05) is 0 Å². The lowest BCUT2D eigenvalue weighted by molar-refractivity contribution is 0.470. The second-order valence-electron chi connectivity index (χ2n) is 6.37. The number of benzene rings is 2. The fraction of sp³-hybridized carbons (Fsp3) is 0.278. The van der Waals surface area contributed by atoms with Crippen molar-refractivity contribution in [3.8, 4) is 11.5 Å². The number of phenolic OH excluding ortho intramolecular Hbond substituents is 2. The SMILES string of the molecule is Cc1cc(Cl)cc(C=Nc2cc(C(C)(C)C)ccc2O)c1O. The zero-order valence-corrected chi connectivity index (χ0v) is 13.9. The van der Waals surface area contributed by atoms with Gasteiger partial charge in [0, 0.05) is 16.8 Å². The summed E-state index contributed by atoms with van der Waals surface area (Å²) in [4.78, 5) is 4.30. The van der Waals surface area contributed by atoms with E-state index in [0.29, 0.717) is 21.8 Å². The first-order chi connectivity index (χ1) is 10.2. The summed E-state index contributed by atoms with van der Waals surface area (Å²) in [5.74, 6) is 0.238. The third-order valence-electron chi connectivity index (χ3n) is 3.48. The summed E-state index contributed by atoms with van der Waals surface area (Å²) in [6.07, 6.45) is 1.51. The number of halogens is 1. The Morgan fingerprint density at radius 1 is 1.09 bits per heavy atom. The highest BCUT2D eigenvalue weighted by atomic mass is 35.5. The molecule has 2 aromatic rings. The molecule has 0 aliphatic carbocycles. The maximum atomic E-state index is 10.0. The minimum atomic E-state index is -0.0350. The minimum absolute atomic E-state index is 0.0350. The Labute approximate surface area is 135 Å². The normalized spacial score (nSPS) is 12.0. The van der Waals surface area contributed by atoms with E-state index in [1.165, 1.54) is 6.21 Å². The van der Waals surface area contributed by atoms with Crippen LogP contribution in [0.4, 0.5) is 5.69 Å². The number of hydrogen-bond acceptors (Lipinski definition) is 3. The Hall–Kier alpha value is -2.00. The predicted octanol–water partition coefficient (Wildman–Crippen LogP) is 5.11. The Balaban J connectivity index is 2.43. The quantitative estimate of drug-likeness (QED) is 0.756. The minimum Gasteiger partial charge on any atom is -0.507 e. The van der Waals surface area contributed by atoms with Crippen LogP contribution in [-0.4, -0.2) is 16.4 Å². The van der Waals surface area contributed by atoms with Crippen molar-refractivity contribution in [3.05, 3.63) is 52.0 Å². The molecule has 116 valence electrons. The summed E-state index contributed by atoms with van der Waals surface area (Å²) in [5, 5.41) is 20.5. The molecule has 3 nitrogen and oxygen atoms in total. The molecule has 2 aromatic carbocycles. The molecule has 2 rings (SSSR count). The van der Waals surface area contributed by atoms with E-state index in [2.05, 4.69) is 25.8 Å². The first-order valence-electron chi connectivity index (χ1n) is 7.05. The summed E-state index contributed by atoms with van der Waals surface area (Å²) in [7, 11) is 0. The molecular weight excluding hydrogens is 298 g/mol. The Morgan fingerprint density at radius 2 is 1.77 bits per heavy atom. The van der Waals surface area contributed by atoms with Gasteiger partial charge in [-0.25, -0.2) is 0 Å². The second kappa shape index (κ2) is 6.01. The van der Waals surface area contributed by atoms with Crippen molar-refractivity contribution in [3.63, 3.8) is 0 Å². The van der Waals surface area contributed by atoms with Crippen LogP contribution >= 0.6 is 11.6 Å². The van der Waals surface area contributed by atoms with Gasteiger partial charge >= 0.3 is 0 Å². The lowest BCUT2D eigenvalue weighted by atomic mass is 9.87. The summed E-state index contributed by atoms with van der Waals surface area (Å²) in [5.41, 5.74) is 2.70. The van der Waals surface area contributed by atoms with Gasteiger partial charge in [0.2, 0.25) is 0 Å². The van der Waals surface area contributed by atoms with Gasteiger partial charge in [-0.2, -0.15) is 0 Å². The molecule has 0 saturated heterocycles. The molecule has 0 saturated carbocycles. The smallest absolute Gasteiger partial charge is 0.141 e. The number of nitrogens with zero attached hydrogens (tertiary/aromatic N) is 1. The van der Waals surface area contributed by atoms with Crippen LogP contribution in [0.5, 0.6) is 11.5 Å². The van der Waals surface area contributed by atoms with Crippen LogP contribution in [0.15, 0.2) is 35.3 Å². The van der Waals surface area contributed by atoms with Gasteiger partial charge in [0.25, 0.3) is 0 Å². The number of hydrogen-bond donors (Lipinski definition) is 2. The van der Waals surface area contributed by atoms with E-state index >= 15 is 0 Å². The summed E-state index contributed by atoms with van der Waals surface area (Å²) in [6, 6.07) is 8.69. The lowest BCUT2D eigenvalue weighted by Gasteiger charge is -2.19. The van der Waals surface area contributed by atoms with E-state index in [1.807, 2.05) is 12.1 Å². The van der Waals surface area contributed by atoms with Crippen LogP contribution < -0.4 is 0 Å². The van der Waals surface area contributed by atoms with Crippen molar-refractivity contribution in [2.24, 2.45) is 4.99 Å². The first-order valence-corrected chi connectivity index (χ1v) is 7.43. The molecule has 2 N–H and O–H groups in total. The van der Waals surface area contributed by atoms with Gasteiger partial charge in [-0.05, 0) is 47.7 Å². The standard InChI is InChI=1S/C18H20ClNO2/c1-11-7-14(19)8-12(17(11)22)10-20-15-9-13(18(2,3)4)5-6-16(15)21/h5-10,21-22H,1-4H3. The molecule has 0 heterocycles. The third-order valence-corrected chi connectivity index (χ3v) is 3.70. The van der Waals surface area contributed by atoms with Crippen LogP contribution in [0.2, 0.25) is 5.02 Å². The highest BCUT2D eigenvalue weighted by Crippen LogP contribution is 2.33. The van der Waals surface area contributed by atoms with Gasteiger partial charge < -0.3 is 10.2 Å². The summed E-state index contributed by atoms with van der Waals surface area (Å²) < 4.78 is 0. The number of aliphatic imine (C=N–C) groups is 1. The van der Waals surface area contributed by atoms with E-state index in [0.717, 1.165) is 5.56 Å². The number of rotatable bonds is 2. The predicted molar refractivity (Wildman–Crippen MR) is 91.9 cm³/mol. The van der Waals surface area contributed by atoms with E-state index < -0.39 is 0 Å². The zero-order chi connectivity index (χ0) is 16.5. The van der Waals surface area contributed by atoms with E-state index in [1.54, 1.807) is 25.1 Å². The van der Waals surface area contributed by atoms with Crippen LogP contribution in [0.1, 0.15) is 37.5 Å². The molecule has 4 heteroatoms. The first kappa shape index (κ1) is 16.4. The molecule has 0 amide bonds. The average Bonchev–Trinajstić information content (AvgIpc) is 2.41. The Bertz CT molecular complexity index is 731. The van der Waals surface area contributed by atoms with E-state index in [-0.39, 0.29) is 16.9 Å². The number of aromatic hydroxyl groups is 2. The van der Waals surface area contributed by atoms with Gasteiger partial charge in [0.05, 0.1) is 0 Å². The molecule has 0 bridgehead atoms. The van der Waals surface area contributed by atoms with Crippen molar-refractivity contribution in [1.82, 2.24) is 0 Å². The summed E-state index contributed by atoms with van der Waals surface area (Å²) in [6.45, 7) is 8.06. The van der Waals surface area contributed by atoms with Gasteiger partial charge in [0.1, 0.15) is 17.2 Å². The van der Waals surface area contributed by atoms with Crippen molar-refractivity contribution in [1.29, 1.82) is 0 Å². The molecule has 22 heavy (non-hydrogen) atoms. The van der Waals surface area contributed by atoms with Gasteiger partial charge in [-0.3, -0.25) is 4.99 Å². The molecule has 0 radical (unpaired) electrons. The topological polar surface area (TPSA) is 52.8 Å². The van der Waals surface area contributed by atoms with Crippen LogP contribution in [0.3, 0.4) is 0 Å². The fourth-order valence-electron chi connectivity index (χ4n) is 2.09.